The Labute approximate surface area is 136 Å². The molecule has 0 bridgehead atoms. The van der Waals surface area contributed by atoms with Crippen LogP contribution in [0.15, 0.2) is 28.7 Å². The fourth-order valence-electron chi connectivity index (χ4n) is 3.15. The minimum atomic E-state index is -0.510. The number of rotatable bonds is 6. The van der Waals surface area contributed by atoms with E-state index in [0.717, 1.165) is 49.9 Å². The highest BCUT2D eigenvalue weighted by Gasteiger charge is 2.28. The molecule has 0 saturated carbocycles. The molecular formula is C17H27BrN2O. The van der Waals surface area contributed by atoms with Gasteiger partial charge in [0.05, 0.1) is 5.60 Å². The standard InChI is InChI=1S/C17H27BrN2O/c1-3-19-16(14-5-7-15(18)8-6-14)9-12-20-11-4-10-17(2,21)13-20/h5-8,16,19,21H,3-4,9-13H2,1-2H3. The van der Waals surface area contributed by atoms with Crippen molar-refractivity contribution in [1.82, 2.24) is 10.2 Å². The van der Waals surface area contributed by atoms with Crippen molar-refractivity contribution < 1.29 is 5.11 Å². The Hall–Kier alpha value is -0.420. The van der Waals surface area contributed by atoms with E-state index in [1.54, 1.807) is 0 Å². The van der Waals surface area contributed by atoms with Crippen molar-refractivity contribution in [2.45, 2.75) is 44.8 Å². The lowest BCUT2D eigenvalue weighted by Gasteiger charge is -2.37. The summed E-state index contributed by atoms with van der Waals surface area (Å²) in [4.78, 5) is 2.40. The smallest absolute Gasteiger partial charge is 0.0746 e. The molecule has 1 fully saturated rings. The molecule has 1 saturated heterocycles. The van der Waals surface area contributed by atoms with Crippen molar-refractivity contribution in [3.63, 3.8) is 0 Å². The van der Waals surface area contributed by atoms with Crippen LogP contribution in [0.2, 0.25) is 0 Å². The lowest BCUT2D eigenvalue weighted by molar-refractivity contribution is -0.0163. The first-order valence-corrected chi connectivity index (χ1v) is 8.73. The maximum atomic E-state index is 10.2. The number of nitrogens with zero attached hydrogens (tertiary/aromatic N) is 1. The Bertz CT molecular complexity index is 433. The van der Waals surface area contributed by atoms with Gasteiger partial charge in [-0.05, 0) is 57.0 Å². The van der Waals surface area contributed by atoms with Gasteiger partial charge in [-0.25, -0.2) is 0 Å². The molecule has 0 aliphatic carbocycles. The van der Waals surface area contributed by atoms with Gasteiger partial charge >= 0.3 is 0 Å². The van der Waals surface area contributed by atoms with Gasteiger partial charge in [0.15, 0.2) is 0 Å². The Kier molecular flexibility index (Phi) is 6.23. The highest BCUT2D eigenvalue weighted by Crippen LogP contribution is 2.23. The molecule has 0 amide bonds. The average Bonchev–Trinajstić information content (AvgIpc) is 2.43. The number of halogens is 1. The summed E-state index contributed by atoms with van der Waals surface area (Å²) in [5.74, 6) is 0. The van der Waals surface area contributed by atoms with Crippen LogP contribution in [-0.2, 0) is 0 Å². The van der Waals surface area contributed by atoms with Crippen LogP contribution in [0.5, 0.6) is 0 Å². The molecule has 118 valence electrons. The minimum Gasteiger partial charge on any atom is -0.389 e. The predicted octanol–water partition coefficient (Wildman–Crippen LogP) is 3.34. The zero-order valence-corrected chi connectivity index (χ0v) is 14.7. The van der Waals surface area contributed by atoms with Crippen LogP contribution in [0.1, 0.15) is 44.7 Å². The first-order valence-electron chi connectivity index (χ1n) is 7.94. The number of piperidine rings is 1. The average molecular weight is 355 g/mol. The lowest BCUT2D eigenvalue weighted by Crippen LogP contribution is -2.46. The molecule has 2 unspecified atom stereocenters. The van der Waals surface area contributed by atoms with Gasteiger partial charge in [0, 0.05) is 23.6 Å². The molecule has 2 atom stereocenters. The van der Waals surface area contributed by atoms with Crippen molar-refractivity contribution >= 4 is 15.9 Å². The molecule has 1 aromatic rings. The monoisotopic (exact) mass is 354 g/mol. The molecule has 0 spiro atoms. The van der Waals surface area contributed by atoms with Crippen LogP contribution in [0.25, 0.3) is 0 Å². The normalized spacial score (nSPS) is 25.0. The quantitative estimate of drug-likeness (QED) is 0.822. The Morgan fingerprint density at radius 2 is 2.10 bits per heavy atom. The Balaban J connectivity index is 1.92. The highest BCUT2D eigenvalue weighted by atomic mass is 79.9. The summed E-state index contributed by atoms with van der Waals surface area (Å²) in [7, 11) is 0. The van der Waals surface area contributed by atoms with Gasteiger partial charge in [-0.15, -0.1) is 0 Å². The van der Waals surface area contributed by atoms with Crippen LogP contribution < -0.4 is 5.32 Å². The van der Waals surface area contributed by atoms with Crippen molar-refractivity contribution in [2.75, 3.05) is 26.2 Å². The molecule has 21 heavy (non-hydrogen) atoms. The number of aliphatic hydroxyl groups is 1. The van der Waals surface area contributed by atoms with Gasteiger partial charge in [-0.1, -0.05) is 35.0 Å². The van der Waals surface area contributed by atoms with Crippen molar-refractivity contribution in [1.29, 1.82) is 0 Å². The molecule has 1 aliphatic heterocycles. The molecule has 1 aromatic carbocycles. The van der Waals surface area contributed by atoms with Gasteiger partial charge in [-0.2, -0.15) is 0 Å². The molecule has 0 aromatic heterocycles. The third kappa shape index (κ3) is 5.37. The van der Waals surface area contributed by atoms with Crippen molar-refractivity contribution in [2.24, 2.45) is 0 Å². The molecule has 0 radical (unpaired) electrons. The van der Waals surface area contributed by atoms with E-state index in [9.17, 15) is 5.11 Å². The number of hydrogen-bond donors (Lipinski definition) is 2. The molecule has 3 nitrogen and oxygen atoms in total. The minimum absolute atomic E-state index is 0.384. The number of benzene rings is 1. The molecule has 1 heterocycles. The molecule has 4 heteroatoms. The first-order chi connectivity index (χ1) is 10.00. The van der Waals surface area contributed by atoms with Gasteiger partial charge < -0.3 is 15.3 Å². The molecule has 1 aliphatic rings. The van der Waals surface area contributed by atoms with E-state index in [2.05, 4.69) is 57.3 Å². The van der Waals surface area contributed by atoms with Gasteiger partial charge in [0.2, 0.25) is 0 Å². The van der Waals surface area contributed by atoms with Crippen LogP contribution in [0, 0.1) is 0 Å². The zero-order chi connectivity index (χ0) is 15.3. The molecule has 2 N–H and O–H groups in total. The molecular weight excluding hydrogens is 328 g/mol. The second-order valence-electron chi connectivity index (χ2n) is 6.33. The molecule has 2 rings (SSSR count). The summed E-state index contributed by atoms with van der Waals surface area (Å²) < 4.78 is 1.12. The van der Waals surface area contributed by atoms with Gasteiger partial charge in [0.1, 0.15) is 0 Å². The topological polar surface area (TPSA) is 35.5 Å². The van der Waals surface area contributed by atoms with Crippen molar-refractivity contribution in [3.05, 3.63) is 34.3 Å². The van der Waals surface area contributed by atoms with Gasteiger partial charge in [0.25, 0.3) is 0 Å². The Morgan fingerprint density at radius 3 is 2.71 bits per heavy atom. The third-order valence-electron chi connectivity index (χ3n) is 4.21. The van der Waals surface area contributed by atoms with E-state index in [1.807, 2.05) is 6.92 Å². The summed E-state index contributed by atoms with van der Waals surface area (Å²) in [6.07, 6.45) is 3.09. The summed E-state index contributed by atoms with van der Waals surface area (Å²) in [5.41, 5.74) is 0.826. The summed E-state index contributed by atoms with van der Waals surface area (Å²) in [6.45, 7) is 8.01. The maximum absolute atomic E-state index is 10.2. The van der Waals surface area contributed by atoms with Crippen LogP contribution in [0.4, 0.5) is 0 Å². The van der Waals surface area contributed by atoms with E-state index in [0.29, 0.717) is 6.04 Å². The first kappa shape index (κ1) is 16.9. The second-order valence-corrected chi connectivity index (χ2v) is 7.24. The highest BCUT2D eigenvalue weighted by molar-refractivity contribution is 9.10. The number of nitrogens with one attached hydrogen (secondary N) is 1. The van der Waals surface area contributed by atoms with E-state index < -0.39 is 5.60 Å². The summed E-state index contributed by atoms with van der Waals surface area (Å²) >= 11 is 3.49. The number of β-amino-alcohol motifs (C(OH)–C–C–N with tert-alkyl or cyclic N) is 1. The van der Waals surface area contributed by atoms with Crippen molar-refractivity contribution in [3.8, 4) is 0 Å². The summed E-state index contributed by atoms with van der Waals surface area (Å²) in [5, 5.41) is 13.8. The predicted molar refractivity (Wildman–Crippen MR) is 91.5 cm³/mol. The Morgan fingerprint density at radius 1 is 1.38 bits per heavy atom. The number of likely N-dealkylation sites (tertiary alicyclic amines) is 1. The fraction of sp³-hybridized carbons (Fsp3) is 0.647. The largest absolute Gasteiger partial charge is 0.389 e. The van der Waals surface area contributed by atoms with E-state index in [1.165, 1.54) is 5.56 Å². The zero-order valence-electron chi connectivity index (χ0n) is 13.1. The fourth-order valence-corrected chi connectivity index (χ4v) is 3.42. The van der Waals surface area contributed by atoms with Crippen LogP contribution in [0.3, 0.4) is 0 Å². The van der Waals surface area contributed by atoms with E-state index in [-0.39, 0.29) is 0 Å². The van der Waals surface area contributed by atoms with Gasteiger partial charge in [-0.3, -0.25) is 0 Å². The number of hydrogen-bond acceptors (Lipinski definition) is 3. The summed E-state index contributed by atoms with van der Waals surface area (Å²) in [6, 6.07) is 8.96. The second kappa shape index (κ2) is 7.73. The maximum Gasteiger partial charge on any atom is 0.0746 e. The van der Waals surface area contributed by atoms with E-state index >= 15 is 0 Å². The van der Waals surface area contributed by atoms with Crippen LogP contribution >= 0.6 is 15.9 Å². The lowest BCUT2D eigenvalue weighted by atomic mass is 9.94. The third-order valence-corrected chi connectivity index (χ3v) is 4.74. The van der Waals surface area contributed by atoms with Crippen LogP contribution in [-0.4, -0.2) is 41.8 Å². The van der Waals surface area contributed by atoms with E-state index in [4.69, 9.17) is 0 Å². The SMILES string of the molecule is CCNC(CCN1CCCC(C)(O)C1)c1ccc(Br)cc1.